The second-order valence-electron chi connectivity index (χ2n) is 5.74. The molecular formula is C14H22N2O2. The zero-order valence-electron chi connectivity index (χ0n) is 11.1. The van der Waals surface area contributed by atoms with Gasteiger partial charge in [0.05, 0.1) is 12.1 Å². The smallest absolute Gasteiger partial charge is 0.268 e. The van der Waals surface area contributed by atoms with Crippen LogP contribution in [0.1, 0.15) is 56.1 Å². The Hall–Kier alpha value is -1.29. The SMILES string of the molecule is CC(C)(CO)NC(=O)c1cccn1C1CCCC1. The van der Waals surface area contributed by atoms with E-state index in [1.54, 1.807) is 0 Å². The fourth-order valence-electron chi connectivity index (χ4n) is 2.50. The van der Waals surface area contributed by atoms with Crippen LogP contribution in [0.2, 0.25) is 0 Å². The number of nitrogens with zero attached hydrogens (tertiary/aromatic N) is 1. The van der Waals surface area contributed by atoms with Crippen molar-refractivity contribution < 1.29 is 9.90 Å². The van der Waals surface area contributed by atoms with Gasteiger partial charge in [0.25, 0.3) is 5.91 Å². The molecule has 0 aromatic carbocycles. The Morgan fingerprint density at radius 1 is 1.50 bits per heavy atom. The zero-order chi connectivity index (χ0) is 13.2. The van der Waals surface area contributed by atoms with Crippen LogP contribution in [-0.2, 0) is 0 Å². The number of hydrogen-bond acceptors (Lipinski definition) is 2. The third-order valence-electron chi connectivity index (χ3n) is 3.58. The first-order valence-electron chi connectivity index (χ1n) is 6.64. The topological polar surface area (TPSA) is 54.3 Å². The third-order valence-corrected chi connectivity index (χ3v) is 3.58. The molecule has 0 radical (unpaired) electrons. The Balaban J connectivity index is 2.13. The van der Waals surface area contributed by atoms with Crippen LogP contribution < -0.4 is 5.32 Å². The maximum atomic E-state index is 12.2. The van der Waals surface area contributed by atoms with Gasteiger partial charge in [-0.2, -0.15) is 0 Å². The summed E-state index contributed by atoms with van der Waals surface area (Å²) in [7, 11) is 0. The fraction of sp³-hybridized carbons (Fsp3) is 0.643. The standard InChI is InChI=1S/C14H22N2O2/c1-14(2,10-17)15-13(18)12-8-5-9-16(12)11-6-3-4-7-11/h5,8-9,11,17H,3-4,6-7,10H2,1-2H3,(H,15,18). The second kappa shape index (κ2) is 5.14. The van der Waals surface area contributed by atoms with Gasteiger partial charge in [-0.25, -0.2) is 0 Å². The van der Waals surface area contributed by atoms with Crippen molar-refractivity contribution >= 4 is 5.91 Å². The number of aliphatic hydroxyl groups excluding tert-OH is 1. The van der Waals surface area contributed by atoms with Crippen LogP contribution in [0.25, 0.3) is 0 Å². The van der Waals surface area contributed by atoms with Crippen LogP contribution in [0, 0.1) is 0 Å². The Bertz CT molecular complexity index is 417. The molecule has 2 rings (SSSR count). The highest BCUT2D eigenvalue weighted by Crippen LogP contribution is 2.30. The summed E-state index contributed by atoms with van der Waals surface area (Å²) in [6.45, 7) is 3.56. The Kier molecular flexibility index (Phi) is 3.76. The van der Waals surface area contributed by atoms with Crippen LogP contribution in [0.15, 0.2) is 18.3 Å². The van der Waals surface area contributed by atoms with Gasteiger partial charge in [0, 0.05) is 12.2 Å². The zero-order valence-corrected chi connectivity index (χ0v) is 11.1. The van der Waals surface area contributed by atoms with Gasteiger partial charge in [-0.05, 0) is 38.8 Å². The molecule has 1 fully saturated rings. The van der Waals surface area contributed by atoms with Crippen molar-refractivity contribution in [2.24, 2.45) is 0 Å². The minimum Gasteiger partial charge on any atom is -0.394 e. The molecule has 0 atom stereocenters. The number of carbonyl (C=O) groups excluding carboxylic acids is 1. The summed E-state index contributed by atoms with van der Waals surface area (Å²) in [5.74, 6) is -0.106. The van der Waals surface area contributed by atoms with Crippen LogP contribution in [-0.4, -0.2) is 27.7 Å². The lowest BCUT2D eigenvalue weighted by Gasteiger charge is -2.24. The first kappa shape index (κ1) is 13.1. The fourth-order valence-corrected chi connectivity index (χ4v) is 2.50. The molecule has 0 saturated heterocycles. The van der Waals surface area contributed by atoms with E-state index in [0.717, 1.165) is 12.8 Å². The summed E-state index contributed by atoms with van der Waals surface area (Å²) in [5.41, 5.74) is 0.116. The number of aromatic nitrogens is 1. The molecule has 4 nitrogen and oxygen atoms in total. The van der Waals surface area contributed by atoms with Crippen LogP contribution in [0.4, 0.5) is 0 Å². The number of rotatable bonds is 4. The maximum Gasteiger partial charge on any atom is 0.268 e. The van der Waals surface area contributed by atoms with Crippen molar-refractivity contribution in [2.45, 2.75) is 51.1 Å². The first-order valence-corrected chi connectivity index (χ1v) is 6.64. The van der Waals surface area contributed by atoms with Crippen LogP contribution in [0.5, 0.6) is 0 Å². The minimum atomic E-state index is -0.581. The highest BCUT2D eigenvalue weighted by atomic mass is 16.3. The number of hydrogen-bond donors (Lipinski definition) is 2. The molecule has 2 N–H and O–H groups in total. The van der Waals surface area contributed by atoms with E-state index in [1.165, 1.54) is 12.8 Å². The van der Waals surface area contributed by atoms with E-state index in [2.05, 4.69) is 9.88 Å². The number of aliphatic hydroxyl groups is 1. The van der Waals surface area contributed by atoms with Crippen molar-refractivity contribution in [3.8, 4) is 0 Å². The average Bonchev–Trinajstić information content (AvgIpc) is 2.98. The number of carbonyl (C=O) groups is 1. The van der Waals surface area contributed by atoms with Gasteiger partial charge in [-0.15, -0.1) is 0 Å². The predicted octanol–water partition coefficient (Wildman–Crippen LogP) is 2.10. The van der Waals surface area contributed by atoms with Crippen molar-refractivity contribution in [2.75, 3.05) is 6.61 Å². The Morgan fingerprint density at radius 3 is 2.78 bits per heavy atom. The lowest BCUT2D eigenvalue weighted by Crippen LogP contribution is -2.46. The first-order chi connectivity index (χ1) is 8.53. The predicted molar refractivity (Wildman–Crippen MR) is 70.6 cm³/mol. The molecule has 1 heterocycles. The molecule has 0 unspecified atom stereocenters. The molecule has 0 aliphatic heterocycles. The van der Waals surface area contributed by atoms with E-state index in [1.807, 2.05) is 32.2 Å². The summed E-state index contributed by atoms with van der Waals surface area (Å²) in [5, 5.41) is 12.1. The van der Waals surface area contributed by atoms with Crippen LogP contribution in [0.3, 0.4) is 0 Å². The Labute approximate surface area is 108 Å². The molecule has 100 valence electrons. The Morgan fingerprint density at radius 2 is 2.17 bits per heavy atom. The molecule has 18 heavy (non-hydrogen) atoms. The normalized spacial score (nSPS) is 17.1. The molecule has 1 aromatic rings. The second-order valence-corrected chi connectivity index (χ2v) is 5.74. The lowest BCUT2D eigenvalue weighted by atomic mass is 10.1. The minimum absolute atomic E-state index is 0.0666. The van der Waals surface area contributed by atoms with E-state index in [9.17, 15) is 9.90 Å². The average molecular weight is 250 g/mol. The van der Waals surface area contributed by atoms with E-state index < -0.39 is 5.54 Å². The van der Waals surface area contributed by atoms with Gasteiger partial charge in [-0.3, -0.25) is 4.79 Å². The summed E-state index contributed by atoms with van der Waals surface area (Å²) < 4.78 is 2.08. The highest BCUT2D eigenvalue weighted by Gasteiger charge is 2.24. The van der Waals surface area contributed by atoms with E-state index in [0.29, 0.717) is 11.7 Å². The van der Waals surface area contributed by atoms with Crippen molar-refractivity contribution in [1.29, 1.82) is 0 Å². The number of amides is 1. The van der Waals surface area contributed by atoms with Gasteiger partial charge in [0.1, 0.15) is 5.69 Å². The van der Waals surface area contributed by atoms with Gasteiger partial charge in [0.15, 0.2) is 0 Å². The molecule has 1 aliphatic carbocycles. The third kappa shape index (κ3) is 2.75. The van der Waals surface area contributed by atoms with Crippen LogP contribution >= 0.6 is 0 Å². The van der Waals surface area contributed by atoms with Gasteiger partial charge in [0.2, 0.25) is 0 Å². The van der Waals surface area contributed by atoms with E-state index in [4.69, 9.17) is 0 Å². The molecule has 0 bridgehead atoms. The van der Waals surface area contributed by atoms with Gasteiger partial charge < -0.3 is 15.0 Å². The van der Waals surface area contributed by atoms with Crippen molar-refractivity contribution in [3.05, 3.63) is 24.0 Å². The summed E-state index contributed by atoms with van der Waals surface area (Å²) in [6.07, 6.45) is 6.77. The molecule has 0 spiro atoms. The van der Waals surface area contributed by atoms with Gasteiger partial charge >= 0.3 is 0 Å². The summed E-state index contributed by atoms with van der Waals surface area (Å²) in [6, 6.07) is 4.22. The quantitative estimate of drug-likeness (QED) is 0.860. The molecule has 1 amide bonds. The van der Waals surface area contributed by atoms with Crippen molar-refractivity contribution in [3.63, 3.8) is 0 Å². The number of nitrogens with one attached hydrogen (secondary N) is 1. The summed E-state index contributed by atoms with van der Waals surface area (Å²) in [4.78, 5) is 12.2. The molecule has 1 saturated carbocycles. The summed E-state index contributed by atoms with van der Waals surface area (Å²) >= 11 is 0. The monoisotopic (exact) mass is 250 g/mol. The van der Waals surface area contributed by atoms with Gasteiger partial charge in [-0.1, -0.05) is 12.8 Å². The molecule has 1 aromatic heterocycles. The highest BCUT2D eigenvalue weighted by molar-refractivity contribution is 5.93. The lowest BCUT2D eigenvalue weighted by molar-refractivity contribution is 0.0857. The molecule has 4 heteroatoms. The molecular weight excluding hydrogens is 228 g/mol. The van der Waals surface area contributed by atoms with Crippen molar-refractivity contribution in [1.82, 2.24) is 9.88 Å². The van der Waals surface area contributed by atoms with E-state index in [-0.39, 0.29) is 12.5 Å². The van der Waals surface area contributed by atoms with E-state index >= 15 is 0 Å². The molecule has 1 aliphatic rings. The maximum absolute atomic E-state index is 12.2. The largest absolute Gasteiger partial charge is 0.394 e.